The van der Waals surface area contributed by atoms with Gasteiger partial charge in [-0.2, -0.15) is 5.10 Å². The Morgan fingerprint density at radius 3 is 2.72 bits per heavy atom. The Morgan fingerprint density at radius 2 is 2.17 bits per heavy atom. The highest BCUT2D eigenvalue weighted by molar-refractivity contribution is 9.10. The number of anilines is 1. The summed E-state index contributed by atoms with van der Waals surface area (Å²) in [6.45, 7) is 0. The van der Waals surface area contributed by atoms with Crippen molar-refractivity contribution in [3.05, 3.63) is 28.7 Å². The number of H-pyrrole nitrogens is 1. The molecule has 1 aliphatic rings. The molecular formula is C13H14BrN3O. The molecule has 1 aromatic heterocycles. The second-order valence-corrected chi connectivity index (χ2v) is 5.38. The molecule has 1 heterocycles. The van der Waals surface area contributed by atoms with Crippen LogP contribution in [0, 0.1) is 0 Å². The molecule has 0 aliphatic heterocycles. The Morgan fingerprint density at radius 1 is 1.33 bits per heavy atom. The molecule has 4 nitrogen and oxygen atoms in total. The van der Waals surface area contributed by atoms with Gasteiger partial charge in [0.15, 0.2) is 0 Å². The minimum atomic E-state index is 0.384. The third-order valence-corrected chi connectivity index (χ3v) is 3.81. The van der Waals surface area contributed by atoms with Crippen LogP contribution >= 0.6 is 15.9 Å². The number of nitrogens with zero attached hydrogens (tertiary/aromatic N) is 1. The van der Waals surface area contributed by atoms with Gasteiger partial charge in [-0.05, 0) is 53.4 Å². The van der Waals surface area contributed by atoms with E-state index in [1.165, 1.54) is 6.42 Å². The second kappa shape index (κ2) is 4.65. The summed E-state index contributed by atoms with van der Waals surface area (Å²) in [5.74, 6) is 1.40. The molecule has 94 valence electrons. The zero-order valence-electron chi connectivity index (χ0n) is 9.82. The number of aromatic amines is 1. The maximum Gasteiger partial charge on any atom is 0.145 e. The lowest BCUT2D eigenvalue weighted by Gasteiger charge is -2.26. The van der Waals surface area contributed by atoms with Crippen LogP contribution in [-0.2, 0) is 0 Å². The SMILES string of the molecule is Nc1cc(-c2ccc(OC3CCC3)c(Br)c2)[nH]n1. The summed E-state index contributed by atoms with van der Waals surface area (Å²) in [7, 11) is 0. The predicted octanol–water partition coefficient (Wildman–Crippen LogP) is 3.35. The lowest BCUT2D eigenvalue weighted by atomic mass is 9.96. The zero-order valence-corrected chi connectivity index (χ0v) is 11.4. The molecule has 18 heavy (non-hydrogen) atoms. The van der Waals surface area contributed by atoms with Crippen molar-refractivity contribution in [3.8, 4) is 17.0 Å². The molecule has 0 amide bonds. The molecule has 0 spiro atoms. The number of rotatable bonds is 3. The summed E-state index contributed by atoms with van der Waals surface area (Å²) < 4.78 is 6.84. The predicted molar refractivity (Wildman–Crippen MR) is 74.4 cm³/mol. The monoisotopic (exact) mass is 307 g/mol. The Hall–Kier alpha value is -1.49. The summed E-state index contributed by atoms with van der Waals surface area (Å²) in [6, 6.07) is 7.82. The van der Waals surface area contributed by atoms with Gasteiger partial charge in [-0.15, -0.1) is 0 Å². The standard InChI is InChI=1S/C13H14BrN3O/c14-10-6-8(11-7-13(15)17-16-11)4-5-12(10)18-9-2-1-3-9/h4-7,9H,1-3H2,(H3,15,16,17). The Kier molecular flexibility index (Phi) is 2.99. The number of ether oxygens (including phenoxy) is 1. The van der Waals surface area contributed by atoms with Crippen LogP contribution in [0.4, 0.5) is 5.82 Å². The van der Waals surface area contributed by atoms with E-state index in [0.717, 1.165) is 34.3 Å². The normalized spacial score (nSPS) is 15.4. The van der Waals surface area contributed by atoms with Gasteiger partial charge >= 0.3 is 0 Å². The van der Waals surface area contributed by atoms with Gasteiger partial charge in [-0.1, -0.05) is 0 Å². The van der Waals surface area contributed by atoms with Crippen LogP contribution in [0.25, 0.3) is 11.3 Å². The number of nitrogen functional groups attached to an aromatic ring is 1. The summed E-state index contributed by atoms with van der Waals surface area (Å²) in [5, 5.41) is 6.82. The number of benzene rings is 1. The molecule has 3 N–H and O–H groups in total. The molecule has 1 aliphatic carbocycles. The van der Waals surface area contributed by atoms with E-state index in [1.54, 1.807) is 0 Å². The minimum Gasteiger partial charge on any atom is -0.489 e. The van der Waals surface area contributed by atoms with Crippen LogP contribution in [0.5, 0.6) is 5.75 Å². The fourth-order valence-electron chi connectivity index (χ4n) is 1.92. The van der Waals surface area contributed by atoms with Gasteiger partial charge in [0.2, 0.25) is 0 Å². The third-order valence-electron chi connectivity index (χ3n) is 3.19. The largest absolute Gasteiger partial charge is 0.489 e. The van der Waals surface area contributed by atoms with E-state index in [4.69, 9.17) is 10.5 Å². The van der Waals surface area contributed by atoms with Gasteiger partial charge < -0.3 is 10.5 Å². The van der Waals surface area contributed by atoms with Crippen LogP contribution in [0.1, 0.15) is 19.3 Å². The fraction of sp³-hybridized carbons (Fsp3) is 0.308. The Balaban J connectivity index is 1.83. The van der Waals surface area contributed by atoms with Gasteiger partial charge in [-0.25, -0.2) is 0 Å². The van der Waals surface area contributed by atoms with E-state index in [9.17, 15) is 0 Å². The number of aromatic nitrogens is 2. The average molecular weight is 308 g/mol. The number of hydrogen-bond acceptors (Lipinski definition) is 3. The van der Waals surface area contributed by atoms with Crippen molar-refractivity contribution in [2.24, 2.45) is 0 Å². The van der Waals surface area contributed by atoms with Crippen molar-refractivity contribution in [1.82, 2.24) is 10.2 Å². The maximum absolute atomic E-state index is 5.88. The summed E-state index contributed by atoms with van der Waals surface area (Å²) in [6.07, 6.45) is 3.97. The molecule has 1 aromatic carbocycles. The van der Waals surface area contributed by atoms with Crippen molar-refractivity contribution >= 4 is 21.7 Å². The van der Waals surface area contributed by atoms with E-state index in [2.05, 4.69) is 26.1 Å². The van der Waals surface area contributed by atoms with E-state index in [0.29, 0.717) is 11.9 Å². The van der Waals surface area contributed by atoms with Crippen molar-refractivity contribution in [1.29, 1.82) is 0 Å². The first kappa shape index (κ1) is 11.6. The van der Waals surface area contributed by atoms with Gasteiger partial charge in [0.25, 0.3) is 0 Å². The quantitative estimate of drug-likeness (QED) is 0.914. The second-order valence-electron chi connectivity index (χ2n) is 4.52. The highest BCUT2D eigenvalue weighted by Gasteiger charge is 2.20. The molecular weight excluding hydrogens is 294 g/mol. The number of nitrogens with two attached hydrogens (primary N) is 1. The lowest BCUT2D eigenvalue weighted by molar-refractivity contribution is 0.119. The molecule has 1 fully saturated rings. The molecule has 2 aromatic rings. The van der Waals surface area contributed by atoms with E-state index < -0.39 is 0 Å². The molecule has 0 saturated heterocycles. The topological polar surface area (TPSA) is 63.9 Å². The van der Waals surface area contributed by atoms with E-state index in [1.807, 2.05) is 24.3 Å². The van der Waals surface area contributed by atoms with Crippen molar-refractivity contribution in [2.45, 2.75) is 25.4 Å². The van der Waals surface area contributed by atoms with Crippen molar-refractivity contribution < 1.29 is 4.74 Å². The van der Waals surface area contributed by atoms with Gasteiger partial charge in [-0.3, -0.25) is 5.10 Å². The minimum absolute atomic E-state index is 0.384. The van der Waals surface area contributed by atoms with Gasteiger partial charge in [0.05, 0.1) is 16.3 Å². The highest BCUT2D eigenvalue weighted by atomic mass is 79.9. The molecule has 3 rings (SSSR count). The molecule has 0 unspecified atom stereocenters. The lowest BCUT2D eigenvalue weighted by Crippen LogP contribution is -2.24. The van der Waals surface area contributed by atoms with Crippen LogP contribution in [0.15, 0.2) is 28.7 Å². The van der Waals surface area contributed by atoms with Crippen LogP contribution in [-0.4, -0.2) is 16.3 Å². The molecule has 1 saturated carbocycles. The van der Waals surface area contributed by atoms with Crippen molar-refractivity contribution in [2.75, 3.05) is 5.73 Å². The van der Waals surface area contributed by atoms with E-state index >= 15 is 0 Å². The number of nitrogens with one attached hydrogen (secondary N) is 1. The van der Waals surface area contributed by atoms with Gasteiger partial charge in [0, 0.05) is 11.6 Å². The number of hydrogen-bond donors (Lipinski definition) is 2. The fourth-order valence-corrected chi connectivity index (χ4v) is 2.39. The van der Waals surface area contributed by atoms with E-state index in [-0.39, 0.29) is 0 Å². The Bertz CT molecular complexity index is 563. The molecule has 0 bridgehead atoms. The number of halogens is 1. The smallest absolute Gasteiger partial charge is 0.145 e. The average Bonchev–Trinajstić information content (AvgIpc) is 2.72. The van der Waals surface area contributed by atoms with Crippen LogP contribution < -0.4 is 10.5 Å². The van der Waals surface area contributed by atoms with Crippen LogP contribution in [0.3, 0.4) is 0 Å². The summed E-state index contributed by atoms with van der Waals surface area (Å²) in [4.78, 5) is 0. The molecule has 5 heteroatoms. The third kappa shape index (κ3) is 2.22. The zero-order chi connectivity index (χ0) is 12.5. The summed E-state index contributed by atoms with van der Waals surface area (Å²) in [5.41, 5.74) is 7.54. The molecule has 0 atom stereocenters. The first-order valence-corrected chi connectivity index (χ1v) is 6.79. The molecule has 0 radical (unpaired) electrons. The first-order valence-electron chi connectivity index (χ1n) is 6.00. The van der Waals surface area contributed by atoms with Crippen molar-refractivity contribution in [3.63, 3.8) is 0 Å². The summed E-state index contributed by atoms with van der Waals surface area (Å²) >= 11 is 3.54. The Labute approximate surface area is 114 Å². The van der Waals surface area contributed by atoms with Gasteiger partial charge in [0.1, 0.15) is 11.6 Å². The van der Waals surface area contributed by atoms with Crippen LogP contribution in [0.2, 0.25) is 0 Å². The first-order chi connectivity index (χ1) is 8.72. The maximum atomic E-state index is 5.88. The highest BCUT2D eigenvalue weighted by Crippen LogP contribution is 2.33.